The van der Waals surface area contributed by atoms with E-state index in [-0.39, 0.29) is 24.0 Å². The van der Waals surface area contributed by atoms with E-state index in [1.165, 1.54) is 31.2 Å². The molecule has 0 bridgehead atoms. The van der Waals surface area contributed by atoms with Gasteiger partial charge in [0.05, 0.1) is 12.8 Å². The maximum Gasteiger partial charge on any atom is 0.209 e. The van der Waals surface area contributed by atoms with Crippen molar-refractivity contribution in [2.75, 3.05) is 39.0 Å². The van der Waals surface area contributed by atoms with Gasteiger partial charge in [0.2, 0.25) is 10.0 Å². The first-order valence-corrected chi connectivity index (χ1v) is 13.4. The molecule has 2 unspecified atom stereocenters. The third-order valence-corrected chi connectivity index (χ3v) is 7.06. The second-order valence-electron chi connectivity index (χ2n) is 9.59. The minimum absolute atomic E-state index is 0. The van der Waals surface area contributed by atoms with Crippen molar-refractivity contribution in [3.8, 4) is 0 Å². The number of nitrogens with zero attached hydrogens (tertiary/aromatic N) is 3. The average Bonchev–Trinajstić information content (AvgIpc) is 2.70. The average molecular weight is 578 g/mol. The number of aliphatic imine (C=N–C) groups is 1. The molecule has 2 aliphatic heterocycles. The Hall–Kier alpha value is -0.910. The predicted molar refractivity (Wildman–Crippen MR) is 143 cm³/mol. The zero-order chi connectivity index (χ0) is 22.5. The molecular weight excluding hydrogens is 537 g/mol. The Morgan fingerprint density at radius 2 is 1.91 bits per heavy atom. The van der Waals surface area contributed by atoms with Crippen molar-refractivity contribution in [3.05, 3.63) is 35.9 Å². The number of guanidine groups is 1. The fourth-order valence-corrected chi connectivity index (χ4v) is 6.01. The zero-order valence-corrected chi connectivity index (χ0v) is 23.0. The molecule has 7 nitrogen and oxygen atoms in total. The highest BCUT2D eigenvalue weighted by Gasteiger charge is 2.36. The molecule has 2 fully saturated rings. The minimum Gasteiger partial charge on any atom is -0.357 e. The lowest BCUT2D eigenvalue weighted by Gasteiger charge is -2.48. The first-order valence-electron chi connectivity index (χ1n) is 11.5. The summed E-state index contributed by atoms with van der Waals surface area (Å²) in [5.41, 5.74) is 0.769. The Balaban J connectivity index is 0.00000363. The predicted octanol–water partition coefficient (Wildman–Crippen LogP) is 2.88. The van der Waals surface area contributed by atoms with Gasteiger partial charge in [0.25, 0.3) is 0 Å². The van der Waals surface area contributed by atoms with Crippen molar-refractivity contribution in [1.29, 1.82) is 0 Å². The molecule has 2 atom stereocenters. The SMILES string of the molecule is CCNC(=NCC(C)(C)NS(C)(=O)=O)N1CCC2C(CCCN2Cc2ccccc2)C1.I. The molecule has 0 spiro atoms. The number of piperidine rings is 2. The highest BCUT2D eigenvalue weighted by Crippen LogP contribution is 2.31. The van der Waals surface area contributed by atoms with Crippen LogP contribution in [0.1, 0.15) is 45.6 Å². The number of likely N-dealkylation sites (tertiary alicyclic amines) is 2. The summed E-state index contributed by atoms with van der Waals surface area (Å²) < 4.78 is 26.0. The fraction of sp³-hybridized carbons (Fsp3) is 0.696. The summed E-state index contributed by atoms with van der Waals surface area (Å²) in [6.07, 6.45) is 4.82. The molecule has 2 N–H and O–H groups in total. The maximum absolute atomic E-state index is 11.6. The van der Waals surface area contributed by atoms with Gasteiger partial charge in [-0.25, -0.2) is 13.1 Å². The van der Waals surface area contributed by atoms with Crippen LogP contribution in [0.4, 0.5) is 0 Å². The van der Waals surface area contributed by atoms with Gasteiger partial charge in [0, 0.05) is 37.8 Å². The first-order chi connectivity index (χ1) is 14.7. The van der Waals surface area contributed by atoms with Gasteiger partial charge in [-0.1, -0.05) is 30.3 Å². The van der Waals surface area contributed by atoms with Gasteiger partial charge in [0.1, 0.15) is 0 Å². The molecule has 0 radical (unpaired) electrons. The molecule has 2 heterocycles. The zero-order valence-electron chi connectivity index (χ0n) is 19.9. The second-order valence-corrected chi connectivity index (χ2v) is 11.3. The van der Waals surface area contributed by atoms with E-state index in [1.807, 2.05) is 13.8 Å². The second kappa shape index (κ2) is 12.0. The third-order valence-electron chi connectivity index (χ3n) is 6.13. The molecule has 0 amide bonds. The summed E-state index contributed by atoms with van der Waals surface area (Å²) in [6, 6.07) is 11.4. The molecule has 0 aliphatic carbocycles. The number of halogens is 1. The van der Waals surface area contributed by atoms with Crippen LogP contribution in [0.25, 0.3) is 0 Å². The Morgan fingerprint density at radius 1 is 1.19 bits per heavy atom. The number of benzene rings is 1. The molecule has 182 valence electrons. The van der Waals surface area contributed by atoms with Crippen molar-refractivity contribution in [2.45, 2.75) is 58.2 Å². The molecule has 0 aromatic heterocycles. The van der Waals surface area contributed by atoms with Gasteiger partial charge >= 0.3 is 0 Å². The van der Waals surface area contributed by atoms with Gasteiger partial charge < -0.3 is 10.2 Å². The monoisotopic (exact) mass is 577 g/mol. The van der Waals surface area contributed by atoms with Crippen molar-refractivity contribution >= 4 is 40.0 Å². The van der Waals surface area contributed by atoms with Crippen molar-refractivity contribution in [3.63, 3.8) is 0 Å². The van der Waals surface area contributed by atoms with E-state index in [9.17, 15) is 8.42 Å². The lowest BCUT2D eigenvalue weighted by atomic mass is 9.83. The van der Waals surface area contributed by atoms with Crippen LogP contribution in [0.15, 0.2) is 35.3 Å². The molecular formula is C23H40IN5O2S. The Morgan fingerprint density at radius 3 is 2.56 bits per heavy atom. The molecule has 2 aliphatic rings. The van der Waals surface area contributed by atoms with Gasteiger partial charge in [-0.05, 0) is 58.1 Å². The summed E-state index contributed by atoms with van der Waals surface area (Å²) in [7, 11) is -3.27. The van der Waals surface area contributed by atoms with Crippen LogP contribution in [0.3, 0.4) is 0 Å². The molecule has 0 saturated carbocycles. The Bertz CT molecular complexity index is 847. The van der Waals surface area contributed by atoms with Gasteiger partial charge in [0.15, 0.2) is 5.96 Å². The number of nitrogens with one attached hydrogen (secondary N) is 2. The summed E-state index contributed by atoms with van der Waals surface area (Å²) in [4.78, 5) is 9.85. The van der Waals surface area contributed by atoms with Crippen molar-refractivity contribution in [1.82, 2.24) is 19.8 Å². The van der Waals surface area contributed by atoms with Crippen LogP contribution < -0.4 is 10.0 Å². The largest absolute Gasteiger partial charge is 0.357 e. The molecule has 9 heteroatoms. The highest BCUT2D eigenvalue weighted by molar-refractivity contribution is 14.0. The van der Waals surface area contributed by atoms with E-state index < -0.39 is 15.6 Å². The number of rotatable bonds is 7. The lowest BCUT2D eigenvalue weighted by molar-refractivity contribution is 0.0372. The molecule has 1 aromatic rings. The molecule has 32 heavy (non-hydrogen) atoms. The summed E-state index contributed by atoms with van der Waals surface area (Å²) in [6.45, 7) is 11.2. The number of sulfonamides is 1. The van der Waals surface area contributed by atoms with E-state index in [1.54, 1.807) is 0 Å². The highest BCUT2D eigenvalue weighted by atomic mass is 127. The number of hydrogen-bond acceptors (Lipinski definition) is 4. The minimum atomic E-state index is -3.27. The molecule has 2 saturated heterocycles. The van der Waals surface area contributed by atoms with Gasteiger partial charge in [-0.3, -0.25) is 9.89 Å². The smallest absolute Gasteiger partial charge is 0.209 e. The van der Waals surface area contributed by atoms with Crippen LogP contribution in [-0.2, 0) is 16.6 Å². The van der Waals surface area contributed by atoms with Gasteiger partial charge in [-0.15, -0.1) is 24.0 Å². The van der Waals surface area contributed by atoms with E-state index in [0.29, 0.717) is 18.5 Å². The van der Waals surface area contributed by atoms with Gasteiger partial charge in [-0.2, -0.15) is 0 Å². The number of hydrogen-bond donors (Lipinski definition) is 2. The summed E-state index contributed by atoms with van der Waals surface area (Å²) >= 11 is 0. The van der Waals surface area contributed by atoms with E-state index >= 15 is 0 Å². The Kier molecular flexibility index (Phi) is 10.2. The van der Waals surface area contributed by atoms with Crippen LogP contribution in [-0.4, -0.2) is 74.7 Å². The van der Waals surface area contributed by atoms with Crippen LogP contribution in [0.5, 0.6) is 0 Å². The maximum atomic E-state index is 11.6. The Labute approximate surface area is 211 Å². The summed E-state index contributed by atoms with van der Waals surface area (Å²) in [5.74, 6) is 1.53. The van der Waals surface area contributed by atoms with Crippen LogP contribution in [0, 0.1) is 5.92 Å². The molecule has 3 rings (SSSR count). The third kappa shape index (κ3) is 8.14. The van der Waals surface area contributed by atoms with Crippen LogP contribution >= 0.6 is 24.0 Å². The van der Waals surface area contributed by atoms with E-state index in [2.05, 4.69) is 57.1 Å². The van der Waals surface area contributed by atoms with E-state index in [4.69, 9.17) is 4.99 Å². The topological polar surface area (TPSA) is 77.0 Å². The summed E-state index contributed by atoms with van der Waals surface area (Å²) in [5, 5.41) is 3.42. The van der Waals surface area contributed by atoms with E-state index in [0.717, 1.165) is 38.6 Å². The van der Waals surface area contributed by atoms with Crippen molar-refractivity contribution < 1.29 is 8.42 Å². The molecule has 1 aromatic carbocycles. The number of fused-ring (bicyclic) bond motifs is 1. The normalized spacial score (nSPS) is 22.8. The van der Waals surface area contributed by atoms with Crippen LogP contribution in [0.2, 0.25) is 0 Å². The van der Waals surface area contributed by atoms with Crippen molar-refractivity contribution in [2.24, 2.45) is 10.9 Å². The standard InChI is InChI=1S/C23H39N5O2S.HI/c1-5-24-22(25-18-23(2,3)26-31(4,29)30)28-15-13-21-20(17-28)12-9-14-27(21)16-19-10-7-6-8-11-19;/h6-8,10-11,20-21,26H,5,9,12-18H2,1-4H3,(H,24,25);1H. The first kappa shape index (κ1) is 27.3. The quantitative estimate of drug-likeness (QED) is 0.296. The fourth-order valence-electron chi connectivity index (χ4n) is 4.95. The lowest BCUT2D eigenvalue weighted by Crippen LogP contribution is -2.57.